The van der Waals surface area contributed by atoms with Gasteiger partial charge in [-0.2, -0.15) is 0 Å². The summed E-state index contributed by atoms with van der Waals surface area (Å²) >= 11 is 0. The molecule has 0 spiro atoms. The largest absolute Gasteiger partial charge is 0.371 e. The van der Waals surface area contributed by atoms with E-state index in [9.17, 15) is 14.2 Å². The Balaban J connectivity index is 5.53. The van der Waals surface area contributed by atoms with Gasteiger partial charge in [-0.3, -0.25) is 14.1 Å². The number of nitrogens with zero attached hydrogens (tertiary/aromatic N) is 1. The van der Waals surface area contributed by atoms with E-state index in [1.807, 2.05) is 0 Å². The molecule has 0 aromatic rings. The first-order valence-electron chi connectivity index (χ1n) is 4.39. The van der Waals surface area contributed by atoms with E-state index in [1.165, 1.54) is 14.0 Å². The van der Waals surface area contributed by atoms with E-state index in [0.717, 1.165) is 0 Å². The number of hydrogen-bond acceptors (Lipinski definition) is 5. The van der Waals surface area contributed by atoms with Crippen molar-refractivity contribution in [2.75, 3.05) is 7.05 Å². The van der Waals surface area contributed by atoms with Crippen molar-refractivity contribution in [2.45, 2.75) is 24.5 Å². The molecule has 0 saturated heterocycles. The molecule has 0 aliphatic heterocycles. The number of aliphatic hydroxyl groups is 1. The molecule has 7 N–H and O–H groups in total. The van der Waals surface area contributed by atoms with Gasteiger partial charge in [0.2, 0.25) is 0 Å². The third-order valence-electron chi connectivity index (χ3n) is 2.25. The summed E-state index contributed by atoms with van der Waals surface area (Å²) in [7, 11) is -9.67. The van der Waals surface area contributed by atoms with Crippen LogP contribution in [0, 0.1) is 0 Å². The number of nitrogens with two attached hydrogens (primary N) is 1. The summed E-state index contributed by atoms with van der Waals surface area (Å²) in [5, 5.41) is 5.99. The predicted octanol–water partition coefficient (Wildman–Crippen LogP) is -1.20. The third-order valence-corrected chi connectivity index (χ3v) is 6.19. The number of hydrogen-bond donors (Lipinski definition) is 6. The summed E-state index contributed by atoms with van der Waals surface area (Å²) in [6.07, 6.45) is -0.358. The number of rotatable bonds is 5. The Hall–Kier alpha value is -0.110. The second kappa shape index (κ2) is 5.26. The van der Waals surface area contributed by atoms with Gasteiger partial charge in [0, 0.05) is 19.2 Å². The summed E-state index contributed by atoms with van der Waals surface area (Å²) in [4.78, 5) is 39.1. The molecule has 102 valence electrons. The Morgan fingerprint density at radius 1 is 1.29 bits per heavy atom. The van der Waals surface area contributed by atoms with Crippen molar-refractivity contribution in [2.24, 2.45) is 10.7 Å². The van der Waals surface area contributed by atoms with Gasteiger partial charge in [0.15, 0.2) is 0 Å². The normalized spacial score (nSPS) is 17.1. The maximum atomic E-state index is 11.0. The van der Waals surface area contributed by atoms with Crippen molar-refractivity contribution < 1.29 is 33.8 Å². The van der Waals surface area contributed by atoms with Crippen molar-refractivity contribution in [3.05, 3.63) is 0 Å². The van der Waals surface area contributed by atoms with E-state index in [4.69, 9.17) is 25.3 Å². The summed E-state index contributed by atoms with van der Waals surface area (Å²) in [6, 6.07) is -1.84. The van der Waals surface area contributed by atoms with Gasteiger partial charge in [0.25, 0.3) is 5.08 Å². The van der Waals surface area contributed by atoms with Gasteiger partial charge in [-0.15, -0.1) is 0 Å². The molecule has 0 saturated carbocycles. The zero-order valence-electron chi connectivity index (χ0n) is 9.26. The van der Waals surface area contributed by atoms with Crippen LogP contribution in [0.1, 0.15) is 13.3 Å². The minimum atomic E-state index is -5.52. The average Bonchev–Trinajstić information content (AvgIpc) is 2.12. The van der Waals surface area contributed by atoms with Gasteiger partial charge in [-0.1, -0.05) is 0 Å². The Labute approximate surface area is 97.7 Å². The molecule has 0 rings (SSSR count). The average molecular weight is 290 g/mol. The fraction of sp³-hybridized carbons (Fsp3) is 0.833. The zero-order valence-corrected chi connectivity index (χ0v) is 11.0. The van der Waals surface area contributed by atoms with Gasteiger partial charge in [0.05, 0.1) is 6.04 Å². The van der Waals surface area contributed by atoms with Gasteiger partial charge in [0.1, 0.15) is 0 Å². The monoisotopic (exact) mass is 290 g/mol. The van der Waals surface area contributed by atoms with Crippen LogP contribution in [0.3, 0.4) is 0 Å². The van der Waals surface area contributed by atoms with E-state index in [1.54, 1.807) is 0 Å². The fourth-order valence-corrected chi connectivity index (χ4v) is 3.55. The Kier molecular flexibility index (Phi) is 5.22. The van der Waals surface area contributed by atoms with Gasteiger partial charge in [-0.25, -0.2) is 0 Å². The van der Waals surface area contributed by atoms with Crippen LogP contribution in [0.15, 0.2) is 4.99 Å². The molecule has 0 aromatic heterocycles. The minimum Gasteiger partial charge on any atom is -0.366 e. The van der Waals surface area contributed by atoms with Crippen LogP contribution in [0.2, 0.25) is 0 Å². The molecule has 0 fully saturated rings. The van der Waals surface area contributed by atoms with Crippen LogP contribution in [0.5, 0.6) is 0 Å². The molecule has 0 amide bonds. The molecule has 0 aromatic carbocycles. The molecule has 0 aliphatic carbocycles. The van der Waals surface area contributed by atoms with Crippen LogP contribution in [0.4, 0.5) is 0 Å². The molecule has 0 bridgehead atoms. The summed E-state index contributed by atoms with van der Waals surface area (Å²) in [5.74, 6) is 0. The van der Waals surface area contributed by atoms with Crippen LogP contribution < -0.4 is 5.73 Å². The van der Waals surface area contributed by atoms with E-state index in [-0.39, 0.29) is 12.1 Å². The molecule has 1 unspecified atom stereocenters. The van der Waals surface area contributed by atoms with E-state index in [0.29, 0.717) is 0 Å². The summed E-state index contributed by atoms with van der Waals surface area (Å²) in [6.45, 7) is 1.44. The van der Waals surface area contributed by atoms with Crippen LogP contribution >= 0.6 is 15.2 Å². The lowest BCUT2D eigenvalue weighted by atomic mass is 10.1. The van der Waals surface area contributed by atoms with E-state index >= 15 is 0 Å². The van der Waals surface area contributed by atoms with Crippen molar-refractivity contribution in [1.29, 1.82) is 0 Å². The Morgan fingerprint density at radius 3 is 1.88 bits per heavy atom. The highest BCUT2D eigenvalue weighted by Crippen LogP contribution is 2.68. The first-order valence-corrected chi connectivity index (χ1v) is 7.62. The molecular weight excluding hydrogens is 274 g/mol. The van der Waals surface area contributed by atoms with Crippen molar-refractivity contribution >= 4 is 20.9 Å². The molecule has 0 heterocycles. The highest BCUT2D eigenvalue weighted by molar-refractivity contribution is 7.72. The lowest BCUT2D eigenvalue weighted by molar-refractivity contribution is 0.109. The van der Waals surface area contributed by atoms with Crippen LogP contribution in [-0.2, 0) is 9.13 Å². The third kappa shape index (κ3) is 3.43. The van der Waals surface area contributed by atoms with Crippen molar-refractivity contribution in [1.82, 2.24) is 0 Å². The topological polar surface area (TPSA) is 174 Å². The van der Waals surface area contributed by atoms with E-state index in [2.05, 4.69) is 4.99 Å². The SMILES string of the molecule is CN=C(C)CC(N)C(O)(P(=O)(O)O)P(=O)(O)O. The first-order chi connectivity index (χ1) is 7.38. The van der Waals surface area contributed by atoms with Crippen molar-refractivity contribution in [3.63, 3.8) is 0 Å². The lowest BCUT2D eigenvalue weighted by Gasteiger charge is -2.34. The summed E-state index contributed by atoms with van der Waals surface area (Å²) < 4.78 is 22.1. The highest BCUT2D eigenvalue weighted by Gasteiger charge is 2.63. The number of aliphatic imine (C=N–C) groups is 1. The Bertz CT molecular complexity index is 375. The molecular formula is C6H16N2O7P2. The van der Waals surface area contributed by atoms with E-state index < -0.39 is 26.3 Å². The van der Waals surface area contributed by atoms with Gasteiger partial charge >= 0.3 is 15.2 Å². The molecule has 17 heavy (non-hydrogen) atoms. The lowest BCUT2D eigenvalue weighted by Crippen LogP contribution is -2.48. The van der Waals surface area contributed by atoms with Gasteiger partial charge in [-0.05, 0) is 6.92 Å². The second-order valence-corrected chi connectivity index (χ2v) is 7.44. The predicted molar refractivity (Wildman–Crippen MR) is 60.7 cm³/mol. The zero-order chi connectivity index (χ0) is 14.1. The highest BCUT2D eigenvalue weighted by atomic mass is 31.2. The first kappa shape index (κ1) is 16.9. The van der Waals surface area contributed by atoms with Crippen molar-refractivity contribution in [3.8, 4) is 0 Å². The Morgan fingerprint density at radius 2 is 1.65 bits per heavy atom. The molecule has 1 atom stereocenters. The molecule has 11 heteroatoms. The quantitative estimate of drug-likeness (QED) is 0.270. The fourth-order valence-electron chi connectivity index (χ4n) is 1.15. The molecule has 9 nitrogen and oxygen atoms in total. The maximum Gasteiger partial charge on any atom is 0.371 e. The molecule has 0 aliphatic rings. The standard InChI is InChI=1S/C6H16N2O7P2/c1-4(8-2)3-5(7)6(9,16(10,11)12)17(13,14)15/h5,9H,3,7H2,1-2H3,(H2,10,11,12)(H2,13,14,15). The van der Waals surface area contributed by atoms with Crippen LogP contribution in [0.25, 0.3) is 0 Å². The smallest absolute Gasteiger partial charge is 0.366 e. The minimum absolute atomic E-state index is 0.290. The second-order valence-electron chi connectivity index (χ2n) is 3.54. The maximum absolute atomic E-state index is 11.0. The summed E-state index contributed by atoms with van der Waals surface area (Å²) in [5.41, 5.74) is 5.58. The van der Waals surface area contributed by atoms with Crippen LogP contribution in [-0.4, -0.2) is 48.6 Å². The molecule has 0 radical (unpaired) electrons. The van der Waals surface area contributed by atoms with Gasteiger partial charge < -0.3 is 30.4 Å².